The molecule has 1 aromatic rings. The first-order valence-corrected chi connectivity index (χ1v) is 13.8. The molecule has 4 aliphatic carbocycles. The Bertz CT molecular complexity index is 934. The van der Waals surface area contributed by atoms with Crippen LogP contribution in [0, 0.1) is 34.5 Å². The highest BCUT2D eigenvalue weighted by Gasteiger charge is 2.64. The Labute approximate surface area is 207 Å². The summed E-state index contributed by atoms with van der Waals surface area (Å²) in [7, 11) is 1.54. The number of aliphatic imine (C=N–C) groups is 1. The van der Waals surface area contributed by atoms with Crippen LogP contribution in [0.2, 0.25) is 0 Å². The smallest absolute Gasteiger partial charge is 0.166 e. The second-order valence-corrected chi connectivity index (χ2v) is 12.9. The number of hydrogen-bond donors (Lipinski definition) is 2. The summed E-state index contributed by atoms with van der Waals surface area (Å²) in [5, 5.41) is 22.4. The molecule has 4 aliphatic rings. The molecule has 0 amide bonds. The van der Waals surface area contributed by atoms with Crippen molar-refractivity contribution in [3.8, 4) is 11.5 Å². The van der Waals surface area contributed by atoms with E-state index in [1.165, 1.54) is 44.9 Å². The van der Waals surface area contributed by atoms with Crippen LogP contribution in [0.3, 0.4) is 0 Å². The second-order valence-electron chi connectivity index (χ2n) is 11.9. The highest BCUT2D eigenvalue weighted by molar-refractivity contribution is 9.10. The molecule has 182 valence electrons. The van der Waals surface area contributed by atoms with Crippen LogP contribution < -0.4 is 4.74 Å². The number of ether oxygens (including phenoxy) is 1. The Morgan fingerprint density at radius 1 is 1.06 bits per heavy atom. The minimum atomic E-state index is -0.769. The average Bonchev–Trinajstić information content (AvgIpc) is 3.06. The number of halogens is 1. The topological polar surface area (TPSA) is 62.0 Å². The first-order chi connectivity index (χ1) is 15.7. The number of nitrogens with zero attached hydrogens (tertiary/aromatic N) is 1. The molecule has 0 radical (unpaired) electrons. The quantitative estimate of drug-likeness (QED) is 0.434. The summed E-state index contributed by atoms with van der Waals surface area (Å²) in [6.07, 6.45) is 14.5. The lowest BCUT2D eigenvalue weighted by molar-refractivity contribution is -0.147. The van der Waals surface area contributed by atoms with Crippen molar-refractivity contribution in [3.05, 3.63) is 22.2 Å². The van der Waals surface area contributed by atoms with Gasteiger partial charge in [-0.3, -0.25) is 4.99 Å². The van der Waals surface area contributed by atoms with Gasteiger partial charge in [0.25, 0.3) is 0 Å². The van der Waals surface area contributed by atoms with Crippen molar-refractivity contribution in [2.24, 2.45) is 39.5 Å². The standard InChI is InChI=1S/C28H40BrNO3/c1-26-11-5-4-6-19(26)7-8-21-22(26)9-12-27(2)23(21)10-13-28(27,32)17-30-16-18-14-20(29)15-24(33-3)25(18)31/h14-16,19,21-23,31-32H,4-13,17H2,1-3H3/t19?,21?,22?,23?,26-,27-,28?/m0/s1. The number of benzene rings is 1. The molecule has 0 heterocycles. The van der Waals surface area contributed by atoms with E-state index in [1.807, 2.05) is 6.07 Å². The van der Waals surface area contributed by atoms with Gasteiger partial charge in [0.05, 0.1) is 19.3 Å². The monoisotopic (exact) mass is 517 g/mol. The third-order valence-electron chi connectivity index (χ3n) is 10.8. The molecule has 0 spiro atoms. The van der Waals surface area contributed by atoms with E-state index in [0.29, 0.717) is 29.2 Å². The summed E-state index contributed by atoms with van der Waals surface area (Å²) in [5.41, 5.74) is 0.297. The Kier molecular flexibility index (Phi) is 6.13. The van der Waals surface area contributed by atoms with Gasteiger partial charge in [0.1, 0.15) is 0 Å². The first kappa shape index (κ1) is 23.7. The third-order valence-corrected chi connectivity index (χ3v) is 11.2. The largest absolute Gasteiger partial charge is 0.504 e. The van der Waals surface area contributed by atoms with Crippen molar-refractivity contribution in [3.63, 3.8) is 0 Å². The number of fused-ring (bicyclic) bond motifs is 5. The number of methoxy groups -OCH3 is 1. The highest BCUT2D eigenvalue weighted by atomic mass is 79.9. The van der Waals surface area contributed by atoms with Gasteiger partial charge in [0.2, 0.25) is 0 Å². The molecule has 0 bridgehead atoms. The normalized spacial score (nSPS) is 42.6. The van der Waals surface area contributed by atoms with Crippen molar-refractivity contribution in [2.75, 3.05) is 13.7 Å². The zero-order valence-corrected chi connectivity index (χ0v) is 22.0. The van der Waals surface area contributed by atoms with Crippen molar-refractivity contribution in [2.45, 2.75) is 83.7 Å². The Balaban J connectivity index is 1.35. The molecule has 0 saturated heterocycles. The number of phenols is 1. The van der Waals surface area contributed by atoms with Gasteiger partial charge in [-0.1, -0.05) is 42.6 Å². The lowest BCUT2D eigenvalue weighted by atomic mass is 9.44. The fraction of sp³-hybridized carbons (Fsp3) is 0.750. The Morgan fingerprint density at radius 3 is 2.64 bits per heavy atom. The number of aromatic hydroxyl groups is 1. The SMILES string of the molecule is COc1cc(Br)cc(C=NCC2(O)CCC3C4CCC5CCCC[C@]5(C)C4CC[C@@]32C)c1O. The third kappa shape index (κ3) is 3.67. The van der Waals surface area contributed by atoms with Crippen LogP contribution in [0.1, 0.15) is 83.6 Å². The van der Waals surface area contributed by atoms with Crippen molar-refractivity contribution in [1.82, 2.24) is 0 Å². The minimum Gasteiger partial charge on any atom is -0.504 e. The zero-order valence-electron chi connectivity index (χ0n) is 20.4. The number of phenolic OH excluding ortho intramolecular Hbond substituents is 1. The van der Waals surface area contributed by atoms with E-state index in [2.05, 4.69) is 34.8 Å². The van der Waals surface area contributed by atoms with Crippen LogP contribution in [0.4, 0.5) is 0 Å². The van der Waals surface area contributed by atoms with E-state index in [9.17, 15) is 10.2 Å². The first-order valence-electron chi connectivity index (χ1n) is 13.0. The maximum absolute atomic E-state index is 11.9. The van der Waals surface area contributed by atoms with E-state index in [4.69, 9.17) is 4.74 Å². The molecular weight excluding hydrogens is 478 g/mol. The van der Waals surface area contributed by atoms with E-state index in [-0.39, 0.29) is 11.2 Å². The van der Waals surface area contributed by atoms with Crippen LogP contribution in [0.15, 0.2) is 21.6 Å². The molecule has 1 aromatic carbocycles. The van der Waals surface area contributed by atoms with Crippen LogP contribution in [0.5, 0.6) is 11.5 Å². The molecule has 7 atom stereocenters. The Morgan fingerprint density at radius 2 is 1.85 bits per heavy atom. The van der Waals surface area contributed by atoms with E-state index in [1.54, 1.807) is 19.4 Å². The van der Waals surface area contributed by atoms with Gasteiger partial charge >= 0.3 is 0 Å². The Hall–Kier alpha value is -1.07. The number of hydrogen-bond acceptors (Lipinski definition) is 4. The fourth-order valence-corrected chi connectivity index (χ4v) is 9.26. The van der Waals surface area contributed by atoms with E-state index in [0.717, 1.165) is 41.5 Å². The summed E-state index contributed by atoms with van der Waals surface area (Å²) >= 11 is 3.47. The van der Waals surface area contributed by atoms with E-state index < -0.39 is 5.60 Å². The maximum atomic E-state index is 11.9. The van der Waals surface area contributed by atoms with Crippen LogP contribution in [-0.2, 0) is 0 Å². The van der Waals surface area contributed by atoms with Crippen molar-refractivity contribution >= 4 is 22.1 Å². The molecular formula is C28H40BrNO3. The van der Waals surface area contributed by atoms with Gasteiger partial charge in [-0.25, -0.2) is 0 Å². The number of aliphatic hydroxyl groups is 1. The molecule has 33 heavy (non-hydrogen) atoms. The molecule has 4 nitrogen and oxygen atoms in total. The number of rotatable bonds is 4. The molecule has 5 heteroatoms. The molecule has 4 fully saturated rings. The van der Waals surface area contributed by atoms with Crippen molar-refractivity contribution < 1.29 is 14.9 Å². The van der Waals surface area contributed by atoms with Crippen molar-refractivity contribution in [1.29, 1.82) is 0 Å². The van der Waals surface area contributed by atoms with E-state index >= 15 is 0 Å². The molecule has 0 aliphatic heterocycles. The predicted octanol–water partition coefficient (Wildman–Crippen LogP) is 6.75. The van der Waals surface area contributed by atoms with Crippen LogP contribution in [0.25, 0.3) is 0 Å². The second kappa shape index (κ2) is 8.55. The average molecular weight is 519 g/mol. The van der Waals surface area contributed by atoms with Gasteiger partial charge in [0.15, 0.2) is 11.5 Å². The minimum absolute atomic E-state index is 0.0691. The molecule has 5 rings (SSSR count). The highest BCUT2D eigenvalue weighted by Crippen LogP contribution is 2.68. The van der Waals surface area contributed by atoms with Gasteiger partial charge in [-0.05, 0) is 92.6 Å². The van der Waals surface area contributed by atoms with Gasteiger partial charge in [-0.2, -0.15) is 0 Å². The lowest BCUT2D eigenvalue weighted by Crippen LogP contribution is -2.56. The van der Waals surface area contributed by atoms with Gasteiger partial charge < -0.3 is 14.9 Å². The maximum Gasteiger partial charge on any atom is 0.166 e. The predicted molar refractivity (Wildman–Crippen MR) is 136 cm³/mol. The summed E-state index contributed by atoms with van der Waals surface area (Å²) in [6.45, 7) is 5.36. The van der Waals surface area contributed by atoms with Crippen LogP contribution in [-0.4, -0.2) is 35.7 Å². The molecule has 5 unspecified atom stereocenters. The molecule has 2 N–H and O–H groups in total. The van der Waals surface area contributed by atoms with Gasteiger partial charge in [-0.15, -0.1) is 0 Å². The summed E-state index contributed by atoms with van der Waals surface area (Å²) in [4.78, 5) is 4.68. The fourth-order valence-electron chi connectivity index (χ4n) is 8.81. The van der Waals surface area contributed by atoms with Gasteiger partial charge in [0, 0.05) is 21.7 Å². The molecule has 4 saturated carbocycles. The summed E-state index contributed by atoms with van der Waals surface area (Å²) in [6, 6.07) is 3.57. The summed E-state index contributed by atoms with van der Waals surface area (Å²) in [5.74, 6) is 3.64. The molecule has 0 aromatic heterocycles. The van der Waals surface area contributed by atoms with Crippen LogP contribution >= 0.6 is 15.9 Å². The zero-order chi connectivity index (χ0) is 23.4. The lowest BCUT2D eigenvalue weighted by Gasteiger charge is -2.61. The summed E-state index contributed by atoms with van der Waals surface area (Å²) < 4.78 is 6.09.